The summed E-state index contributed by atoms with van der Waals surface area (Å²) in [5.74, 6) is 0.944. The molecular formula is C22H31N3O4S. The van der Waals surface area contributed by atoms with Crippen molar-refractivity contribution in [1.29, 1.82) is 0 Å². The normalized spacial score (nSPS) is 28.5. The van der Waals surface area contributed by atoms with Crippen molar-refractivity contribution in [1.82, 2.24) is 14.9 Å². The Kier molecular flexibility index (Phi) is 6.20. The highest BCUT2D eigenvalue weighted by Gasteiger charge is 2.33. The van der Waals surface area contributed by atoms with E-state index in [0.29, 0.717) is 18.3 Å². The molecule has 7 nitrogen and oxygen atoms in total. The Balaban J connectivity index is 1.31. The van der Waals surface area contributed by atoms with Crippen molar-refractivity contribution in [2.45, 2.75) is 69.1 Å². The third kappa shape index (κ3) is 4.08. The number of nitrogens with zero attached hydrogens (tertiary/aromatic N) is 3. The fraction of sp³-hybridized carbons (Fsp3) is 0.727. The van der Waals surface area contributed by atoms with Crippen LogP contribution < -0.4 is 4.74 Å². The summed E-state index contributed by atoms with van der Waals surface area (Å²) >= 11 is 1.73. The molecule has 1 aliphatic heterocycles. The van der Waals surface area contributed by atoms with E-state index >= 15 is 0 Å². The lowest BCUT2D eigenvalue weighted by Gasteiger charge is -2.38. The van der Waals surface area contributed by atoms with Crippen molar-refractivity contribution in [3.05, 3.63) is 16.8 Å². The van der Waals surface area contributed by atoms with Crippen LogP contribution in [0.2, 0.25) is 0 Å². The highest BCUT2D eigenvalue weighted by atomic mass is 32.1. The van der Waals surface area contributed by atoms with Crippen LogP contribution >= 0.6 is 11.3 Å². The topological polar surface area (TPSA) is 87.9 Å². The molecule has 164 valence electrons. The predicted molar refractivity (Wildman–Crippen MR) is 115 cm³/mol. The summed E-state index contributed by atoms with van der Waals surface area (Å²) in [5, 5.41) is 20.3. The van der Waals surface area contributed by atoms with Gasteiger partial charge in [0.2, 0.25) is 5.88 Å². The van der Waals surface area contributed by atoms with Gasteiger partial charge < -0.3 is 19.7 Å². The van der Waals surface area contributed by atoms with Gasteiger partial charge in [0.1, 0.15) is 17.3 Å². The highest BCUT2D eigenvalue weighted by molar-refractivity contribution is 7.19. The maximum atomic E-state index is 10.00. The first-order valence-electron chi connectivity index (χ1n) is 11.3. The molecule has 2 aliphatic carbocycles. The van der Waals surface area contributed by atoms with E-state index in [0.717, 1.165) is 75.0 Å². The van der Waals surface area contributed by atoms with Gasteiger partial charge in [0.25, 0.3) is 0 Å². The molecule has 2 aromatic heterocycles. The lowest BCUT2D eigenvalue weighted by molar-refractivity contribution is -0.00126. The number of aliphatic hydroxyl groups is 2. The van der Waals surface area contributed by atoms with Gasteiger partial charge in [-0.15, -0.1) is 11.3 Å². The van der Waals surface area contributed by atoms with Crippen molar-refractivity contribution in [3.8, 4) is 5.88 Å². The molecule has 3 heterocycles. The molecule has 2 atom stereocenters. The van der Waals surface area contributed by atoms with Gasteiger partial charge >= 0.3 is 0 Å². The molecule has 0 unspecified atom stereocenters. The Bertz CT molecular complexity index is 861. The molecule has 0 amide bonds. The zero-order valence-electron chi connectivity index (χ0n) is 17.3. The zero-order chi connectivity index (χ0) is 20.5. The van der Waals surface area contributed by atoms with Gasteiger partial charge in [-0.2, -0.15) is 0 Å². The van der Waals surface area contributed by atoms with Crippen LogP contribution in [-0.4, -0.2) is 76.2 Å². The average molecular weight is 434 g/mol. The lowest BCUT2D eigenvalue weighted by atomic mass is 9.91. The third-order valence-electron chi connectivity index (χ3n) is 6.95. The Morgan fingerprint density at radius 3 is 2.73 bits per heavy atom. The summed E-state index contributed by atoms with van der Waals surface area (Å²) in [6.07, 6.45) is 8.13. The van der Waals surface area contributed by atoms with Crippen LogP contribution in [0, 0.1) is 0 Å². The average Bonchev–Trinajstić information content (AvgIpc) is 3.35. The largest absolute Gasteiger partial charge is 0.474 e. The highest BCUT2D eigenvalue weighted by Crippen LogP contribution is 2.47. The first kappa shape index (κ1) is 20.6. The van der Waals surface area contributed by atoms with Crippen molar-refractivity contribution >= 4 is 21.6 Å². The second-order valence-electron chi connectivity index (χ2n) is 8.80. The first-order valence-corrected chi connectivity index (χ1v) is 12.1. The molecule has 5 rings (SSSR count). The van der Waals surface area contributed by atoms with Gasteiger partial charge in [-0.05, 0) is 56.4 Å². The van der Waals surface area contributed by atoms with Gasteiger partial charge in [-0.25, -0.2) is 9.97 Å². The van der Waals surface area contributed by atoms with E-state index in [-0.39, 0.29) is 18.6 Å². The number of morpholine rings is 1. The molecule has 0 radical (unpaired) electrons. The van der Waals surface area contributed by atoms with Gasteiger partial charge in [0.15, 0.2) is 0 Å². The van der Waals surface area contributed by atoms with Crippen molar-refractivity contribution in [2.75, 3.05) is 32.9 Å². The number of rotatable bonds is 6. The summed E-state index contributed by atoms with van der Waals surface area (Å²) < 4.78 is 12.0. The third-order valence-corrected chi connectivity index (χ3v) is 8.12. The molecule has 1 saturated heterocycles. The van der Waals surface area contributed by atoms with Gasteiger partial charge in [-0.3, -0.25) is 4.90 Å². The molecule has 2 aromatic rings. The molecule has 0 aromatic carbocycles. The molecule has 3 aliphatic rings. The number of aliphatic hydroxyl groups excluding tert-OH is 2. The maximum absolute atomic E-state index is 10.00. The Morgan fingerprint density at radius 1 is 1.17 bits per heavy atom. The van der Waals surface area contributed by atoms with Gasteiger partial charge in [0.05, 0.1) is 31.3 Å². The van der Waals surface area contributed by atoms with Crippen molar-refractivity contribution in [3.63, 3.8) is 0 Å². The SMILES string of the molecule is OC[C@H](O)C[C@H]1CCc2sc3ncnc(OC4CCC(N5CCOCC5)CC4)c3c21. The van der Waals surface area contributed by atoms with Crippen molar-refractivity contribution in [2.24, 2.45) is 0 Å². The van der Waals surface area contributed by atoms with E-state index in [9.17, 15) is 10.2 Å². The summed E-state index contributed by atoms with van der Waals surface area (Å²) in [7, 11) is 0. The van der Waals surface area contributed by atoms with E-state index in [4.69, 9.17) is 9.47 Å². The molecule has 0 bridgehead atoms. The van der Waals surface area contributed by atoms with Gasteiger partial charge in [0, 0.05) is 24.0 Å². The quantitative estimate of drug-likeness (QED) is 0.724. The summed E-state index contributed by atoms with van der Waals surface area (Å²) in [5.41, 5.74) is 1.25. The molecule has 1 saturated carbocycles. The lowest BCUT2D eigenvalue weighted by Crippen LogP contribution is -2.46. The molecule has 2 N–H and O–H groups in total. The number of aryl methyl sites for hydroxylation is 1. The van der Waals surface area contributed by atoms with Crippen molar-refractivity contribution < 1.29 is 19.7 Å². The van der Waals surface area contributed by atoms with Gasteiger partial charge in [-0.1, -0.05) is 0 Å². The van der Waals surface area contributed by atoms with E-state index in [2.05, 4.69) is 14.9 Å². The summed E-state index contributed by atoms with van der Waals surface area (Å²) in [6.45, 7) is 3.60. The Labute approximate surface area is 181 Å². The van der Waals surface area contributed by atoms with Crippen LogP contribution in [0.25, 0.3) is 10.2 Å². The smallest absolute Gasteiger partial charge is 0.225 e. The number of hydrogen-bond acceptors (Lipinski definition) is 8. The van der Waals surface area contributed by atoms with Crippen LogP contribution in [0.5, 0.6) is 5.88 Å². The second kappa shape index (κ2) is 9.04. The minimum atomic E-state index is -0.680. The summed E-state index contributed by atoms with van der Waals surface area (Å²) in [4.78, 5) is 13.9. The molecule has 8 heteroatoms. The Hall–Kier alpha value is -1.32. The number of fused-ring (bicyclic) bond motifs is 3. The fourth-order valence-corrected chi connectivity index (χ4v) is 6.63. The maximum Gasteiger partial charge on any atom is 0.225 e. The number of ether oxygens (including phenoxy) is 2. The monoisotopic (exact) mass is 433 g/mol. The number of hydrogen-bond donors (Lipinski definition) is 2. The number of thiophene rings is 1. The molecule has 30 heavy (non-hydrogen) atoms. The number of aromatic nitrogens is 2. The molecule has 0 spiro atoms. The zero-order valence-corrected chi connectivity index (χ0v) is 18.1. The van der Waals surface area contributed by atoms with E-state index < -0.39 is 6.10 Å². The standard InChI is InChI=1S/C22H31N3O4S/c26-12-16(27)11-14-1-6-18-19(14)20-21(23-13-24-22(20)30-18)29-17-4-2-15(3-5-17)25-7-9-28-10-8-25/h13-17,26-27H,1-12H2/t14-,15?,16-,17?/m1/s1. The van der Waals surface area contributed by atoms with Crippen LogP contribution in [0.15, 0.2) is 6.33 Å². The minimum absolute atomic E-state index is 0.193. The van der Waals surface area contributed by atoms with E-state index in [1.807, 2.05) is 0 Å². The van der Waals surface area contributed by atoms with Crippen LogP contribution in [0.4, 0.5) is 0 Å². The minimum Gasteiger partial charge on any atom is -0.474 e. The van der Waals surface area contributed by atoms with Crippen LogP contribution in [0.3, 0.4) is 0 Å². The van der Waals surface area contributed by atoms with E-state index in [1.54, 1.807) is 17.7 Å². The fourth-order valence-electron chi connectivity index (χ4n) is 5.40. The molecule has 2 fully saturated rings. The Morgan fingerprint density at radius 2 is 1.97 bits per heavy atom. The second-order valence-corrected chi connectivity index (χ2v) is 9.89. The predicted octanol–water partition coefficient (Wildman–Crippen LogP) is 2.49. The van der Waals surface area contributed by atoms with E-state index in [1.165, 1.54) is 10.4 Å². The van der Waals surface area contributed by atoms with Crippen LogP contribution in [0.1, 0.15) is 54.9 Å². The summed E-state index contributed by atoms with van der Waals surface area (Å²) in [6, 6.07) is 0.647. The van der Waals surface area contributed by atoms with Crippen LogP contribution in [-0.2, 0) is 11.2 Å². The first-order chi connectivity index (χ1) is 14.7. The molecular weight excluding hydrogens is 402 g/mol.